The number of methoxy groups -OCH3 is 1. The van der Waals surface area contributed by atoms with Gasteiger partial charge in [-0.3, -0.25) is 14.9 Å². The van der Waals surface area contributed by atoms with Gasteiger partial charge in [-0.05, 0) is 118 Å². The van der Waals surface area contributed by atoms with Gasteiger partial charge in [0.2, 0.25) is 0 Å². The van der Waals surface area contributed by atoms with Crippen LogP contribution in [0.3, 0.4) is 0 Å². The molecule has 1 aliphatic rings. The summed E-state index contributed by atoms with van der Waals surface area (Å²) in [6, 6.07) is 28.0. The molecule has 4 heterocycles. The van der Waals surface area contributed by atoms with Crippen LogP contribution in [0.1, 0.15) is 34.6 Å². The molecule has 14 heteroatoms. The molecule has 4 aromatic carbocycles. The monoisotopic (exact) mass is 860 g/mol. The predicted molar refractivity (Wildman–Crippen MR) is 232 cm³/mol. The summed E-state index contributed by atoms with van der Waals surface area (Å²) in [6.45, 7) is 2.84. The van der Waals surface area contributed by atoms with E-state index in [9.17, 15) is 9.18 Å². The molecule has 296 valence electrons. The Morgan fingerprint density at radius 3 is 2.57 bits per heavy atom. The minimum atomic E-state index is -0.374. The van der Waals surface area contributed by atoms with Gasteiger partial charge >= 0.3 is 0 Å². The van der Waals surface area contributed by atoms with E-state index >= 15 is 0 Å². The second-order valence-electron chi connectivity index (χ2n) is 13.6. The number of piperidine rings is 1. The fourth-order valence-corrected chi connectivity index (χ4v) is 7.76. The molecule has 1 aliphatic heterocycles. The van der Waals surface area contributed by atoms with Crippen molar-refractivity contribution in [1.82, 2.24) is 35.4 Å². The van der Waals surface area contributed by atoms with Crippen LogP contribution in [0.5, 0.6) is 11.5 Å². The molecule has 1 fully saturated rings. The Labute approximate surface area is 348 Å². The van der Waals surface area contributed by atoms with Gasteiger partial charge in [-0.25, -0.2) is 14.4 Å². The van der Waals surface area contributed by atoms with Crippen LogP contribution in [-0.4, -0.2) is 76.9 Å². The average Bonchev–Trinajstić information content (AvgIpc) is 3.66. The van der Waals surface area contributed by atoms with Crippen LogP contribution < -0.4 is 20.1 Å². The number of aromatic nitrogens is 5. The van der Waals surface area contributed by atoms with E-state index in [-0.39, 0.29) is 11.7 Å². The van der Waals surface area contributed by atoms with Gasteiger partial charge in [-0.15, -0.1) is 0 Å². The maximum absolute atomic E-state index is 14.3. The molecule has 7 aromatic rings. The first kappa shape index (κ1) is 40.4. The number of ether oxygens (including phenoxy) is 2. The Bertz CT molecular complexity index is 2550. The van der Waals surface area contributed by atoms with Gasteiger partial charge in [0.05, 0.1) is 47.4 Å². The molecule has 0 bridgehead atoms. The molecule has 3 N–H and O–H groups in total. The van der Waals surface area contributed by atoms with Gasteiger partial charge in [0.15, 0.2) is 11.5 Å². The van der Waals surface area contributed by atoms with Crippen molar-refractivity contribution < 1.29 is 18.7 Å². The number of fused-ring (bicyclic) bond motifs is 2. The highest BCUT2D eigenvalue weighted by Crippen LogP contribution is 2.36. The van der Waals surface area contributed by atoms with Gasteiger partial charge < -0.3 is 25.0 Å². The number of carbonyl (C=O) groups excluding carboxylic acids is 1. The molecular formula is C44H42BrFN8O3S. The second-order valence-corrected chi connectivity index (χ2v) is 15.7. The molecule has 8 rings (SSSR count). The van der Waals surface area contributed by atoms with E-state index in [4.69, 9.17) is 9.47 Å². The van der Waals surface area contributed by atoms with E-state index in [0.717, 1.165) is 63.4 Å². The molecular weight excluding hydrogens is 820 g/mol. The number of benzene rings is 4. The van der Waals surface area contributed by atoms with Gasteiger partial charge in [0.1, 0.15) is 18.0 Å². The number of hydrogen-bond acceptors (Lipinski definition) is 10. The van der Waals surface area contributed by atoms with Crippen molar-refractivity contribution in [1.29, 1.82) is 0 Å². The molecule has 1 saturated heterocycles. The summed E-state index contributed by atoms with van der Waals surface area (Å²) in [6.07, 6.45) is 9.37. The normalized spacial score (nSPS) is 13.3. The van der Waals surface area contributed by atoms with Crippen molar-refractivity contribution in [3.8, 4) is 11.5 Å². The summed E-state index contributed by atoms with van der Waals surface area (Å²) in [5.41, 5.74) is 4.39. The molecule has 0 radical (unpaired) electrons. The number of anilines is 2. The molecule has 0 aliphatic carbocycles. The zero-order chi connectivity index (χ0) is 40.4. The van der Waals surface area contributed by atoms with Crippen LogP contribution in [0.2, 0.25) is 0 Å². The third kappa shape index (κ3) is 9.99. The summed E-state index contributed by atoms with van der Waals surface area (Å²) < 4.78 is 26.6. The first-order valence-electron chi connectivity index (χ1n) is 18.7. The molecule has 58 heavy (non-hydrogen) atoms. The number of nitrogens with one attached hydrogen (secondary N) is 3. The Kier molecular flexibility index (Phi) is 13.3. The zero-order valence-electron chi connectivity index (χ0n) is 32.2. The number of aromatic amines is 1. The lowest BCUT2D eigenvalue weighted by atomic mass is 9.98. The van der Waals surface area contributed by atoms with Crippen molar-refractivity contribution in [2.45, 2.75) is 22.6 Å². The number of likely N-dealkylation sites (tertiary alicyclic amines) is 1. The summed E-state index contributed by atoms with van der Waals surface area (Å²) >= 11 is 4.82. The van der Waals surface area contributed by atoms with Crippen molar-refractivity contribution >= 4 is 79.1 Å². The minimum absolute atomic E-state index is 0.0901. The van der Waals surface area contributed by atoms with Crippen LogP contribution in [0.25, 0.3) is 34.0 Å². The first-order valence-corrected chi connectivity index (χ1v) is 20.3. The van der Waals surface area contributed by atoms with Gasteiger partial charge in [0.25, 0.3) is 5.91 Å². The van der Waals surface area contributed by atoms with Crippen molar-refractivity contribution in [3.63, 3.8) is 0 Å². The number of pyridine rings is 1. The molecule has 0 saturated carbocycles. The summed E-state index contributed by atoms with van der Waals surface area (Å²) in [5, 5.41) is 15.0. The number of H-pyrrole nitrogens is 1. The lowest BCUT2D eigenvalue weighted by Crippen LogP contribution is -2.32. The SMILES string of the molecule is CNC(=O)c1ccccc1Sc1ccc2c(C=Cc3ccccn3)n[nH]c2c1.COc1cc2c(Nc3ccc(Br)cc3F)ncnc2cc1OCC1CCN(C)CC1. The number of rotatable bonds is 11. The summed E-state index contributed by atoms with van der Waals surface area (Å²) in [4.78, 5) is 29.3. The van der Waals surface area contributed by atoms with Crippen molar-refractivity contribution in [2.24, 2.45) is 5.92 Å². The Hall–Kier alpha value is -5.83. The first-order chi connectivity index (χ1) is 28.3. The maximum Gasteiger partial charge on any atom is 0.252 e. The maximum atomic E-state index is 14.3. The quantitative estimate of drug-likeness (QED) is 0.116. The lowest BCUT2D eigenvalue weighted by molar-refractivity contribution is 0.0960. The lowest BCUT2D eigenvalue weighted by Gasteiger charge is -2.28. The third-order valence-corrected chi connectivity index (χ3v) is 11.2. The minimum Gasteiger partial charge on any atom is -0.493 e. The number of nitrogens with zero attached hydrogens (tertiary/aromatic N) is 5. The number of hydrogen-bond donors (Lipinski definition) is 3. The molecule has 1 amide bonds. The van der Waals surface area contributed by atoms with Crippen LogP contribution in [-0.2, 0) is 0 Å². The standard InChI is InChI=1S/C22H24BrFN4O2.C22H18N4OS/c1-28-7-5-14(6-8-28)12-30-21-11-19-16(10-20(21)29-2)22(26-13-25-19)27-18-4-3-15(23)9-17(18)24;1-23-22(27)18-7-2-3-8-21(18)28-16-10-11-17-19(25-26-20(17)14-16)12-9-15-6-4-5-13-24-15/h3-4,9-11,13-14H,5-8,12H2,1-2H3,(H,25,26,27);2-14H,1H3,(H,23,27)(H,25,26). The van der Waals surface area contributed by atoms with E-state index in [1.807, 2.05) is 84.9 Å². The average molecular weight is 862 g/mol. The van der Waals surface area contributed by atoms with E-state index in [1.54, 1.807) is 44.2 Å². The van der Waals surface area contributed by atoms with Gasteiger partial charge in [0, 0.05) is 44.3 Å². The van der Waals surface area contributed by atoms with Crippen LogP contribution in [0, 0.1) is 11.7 Å². The van der Waals surface area contributed by atoms with Crippen molar-refractivity contribution in [3.05, 3.63) is 131 Å². The Morgan fingerprint density at radius 2 is 1.79 bits per heavy atom. The Morgan fingerprint density at radius 1 is 0.966 bits per heavy atom. The highest BCUT2D eigenvalue weighted by molar-refractivity contribution is 9.10. The van der Waals surface area contributed by atoms with Crippen LogP contribution in [0.4, 0.5) is 15.9 Å². The second kappa shape index (κ2) is 19.1. The van der Waals surface area contributed by atoms with E-state index in [2.05, 4.69) is 63.7 Å². The van der Waals surface area contributed by atoms with Gasteiger partial charge in [-0.1, -0.05) is 45.9 Å². The number of amides is 1. The molecule has 0 atom stereocenters. The van der Waals surface area contributed by atoms with E-state index < -0.39 is 0 Å². The predicted octanol–water partition coefficient (Wildman–Crippen LogP) is 9.64. The molecule has 3 aromatic heterocycles. The number of halogens is 2. The summed E-state index contributed by atoms with van der Waals surface area (Å²) in [5.74, 6) is 1.83. The summed E-state index contributed by atoms with van der Waals surface area (Å²) in [7, 11) is 5.39. The zero-order valence-corrected chi connectivity index (χ0v) is 34.6. The van der Waals surface area contributed by atoms with Crippen molar-refractivity contribution in [2.75, 3.05) is 46.2 Å². The highest BCUT2D eigenvalue weighted by Gasteiger charge is 2.19. The molecule has 0 spiro atoms. The molecule has 11 nitrogen and oxygen atoms in total. The van der Waals surface area contributed by atoms with Crippen LogP contribution >= 0.6 is 27.7 Å². The van der Waals surface area contributed by atoms with E-state index in [0.29, 0.717) is 51.1 Å². The highest BCUT2D eigenvalue weighted by atomic mass is 79.9. The topological polar surface area (TPSA) is 130 Å². The fourth-order valence-electron chi connectivity index (χ4n) is 6.44. The molecule has 0 unspecified atom stereocenters. The third-order valence-electron chi connectivity index (χ3n) is 9.67. The van der Waals surface area contributed by atoms with E-state index in [1.165, 1.54) is 12.4 Å². The Balaban J connectivity index is 0.000000177. The fraction of sp³-hybridized carbons (Fsp3) is 0.205. The largest absolute Gasteiger partial charge is 0.493 e. The number of carbonyl (C=O) groups is 1. The van der Waals surface area contributed by atoms with Gasteiger partial charge in [-0.2, -0.15) is 5.10 Å². The smallest absolute Gasteiger partial charge is 0.252 e. The van der Waals surface area contributed by atoms with Crippen LogP contribution in [0.15, 0.2) is 118 Å².